The van der Waals surface area contributed by atoms with Gasteiger partial charge in [-0.2, -0.15) is 0 Å². The molecule has 4 fully saturated rings. The van der Waals surface area contributed by atoms with Crippen molar-refractivity contribution in [1.82, 2.24) is 0 Å². The summed E-state index contributed by atoms with van der Waals surface area (Å²) >= 11 is 0. The predicted molar refractivity (Wildman–Crippen MR) is 83.7 cm³/mol. The topological polar surface area (TPSA) is 40.5 Å². The monoisotopic (exact) mass is 292 g/mol. The molecular formula is C19H32O2. The Morgan fingerprint density at radius 1 is 0.762 bits per heavy atom. The summed E-state index contributed by atoms with van der Waals surface area (Å²) in [5.74, 6) is 3.21. The molecule has 0 bridgehead atoms. The Hall–Kier alpha value is -0.0800. The van der Waals surface area contributed by atoms with E-state index < -0.39 is 0 Å². The van der Waals surface area contributed by atoms with Gasteiger partial charge in [-0.3, -0.25) is 0 Å². The Labute approximate surface area is 129 Å². The van der Waals surface area contributed by atoms with Crippen LogP contribution in [0.3, 0.4) is 0 Å². The SMILES string of the molecule is C[C@]12CC[C@H](O)C[C@@H]1CC[C@H]1[C@H]3CC[C@H](O)[C@]3(C)CC[C@@H]12. The van der Waals surface area contributed by atoms with Crippen molar-refractivity contribution in [3.8, 4) is 0 Å². The van der Waals surface area contributed by atoms with Crippen LogP contribution >= 0.6 is 0 Å². The summed E-state index contributed by atoms with van der Waals surface area (Å²) in [6.45, 7) is 4.90. The van der Waals surface area contributed by atoms with Crippen LogP contribution in [0, 0.1) is 34.5 Å². The van der Waals surface area contributed by atoms with E-state index in [1.807, 2.05) is 0 Å². The molecular weight excluding hydrogens is 260 g/mol. The summed E-state index contributed by atoms with van der Waals surface area (Å²) in [6, 6.07) is 0. The van der Waals surface area contributed by atoms with Crippen molar-refractivity contribution in [2.24, 2.45) is 34.5 Å². The number of aliphatic hydroxyl groups is 2. The average molecular weight is 292 g/mol. The predicted octanol–water partition coefficient (Wildman–Crippen LogP) is 3.75. The second-order valence-corrected chi connectivity index (χ2v) is 9.22. The van der Waals surface area contributed by atoms with Crippen molar-refractivity contribution >= 4 is 0 Å². The van der Waals surface area contributed by atoms with E-state index in [1.165, 1.54) is 38.5 Å². The molecule has 0 saturated heterocycles. The number of fused-ring (bicyclic) bond motifs is 5. The van der Waals surface area contributed by atoms with Gasteiger partial charge >= 0.3 is 0 Å². The molecule has 120 valence electrons. The van der Waals surface area contributed by atoms with Crippen LogP contribution in [0.1, 0.15) is 71.6 Å². The second kappa shape index (κ2) is 4.71. The zero-order valence-corrected chi connectivity index (χ0v) is 13.7. The maximum atomic E-state index is 10.5. The van der Waals surface area contributed by atoms with E-state index in [1.54, 1.807) is 0 Å². The summed E-state index contributed by atoms with van der Waals surface area (Å²) in [7, 11) is 0. The van der Waals surface area contributed by atoms with Crippen LogP contribution in [0.5, 0.6) is 0 Å². The molecule has 4 rings (SSSR count). The smallest absolute Gasteiger partial charge is 0.0596 e. The molecule has 2 nitrogen and oxygen atoms in total. The molecule has 2 heteroatoms. The highest BCUT2D eigenvalue weighted by molar-refractivity contribution is 5.09. The third-order valence-corrected chi connectivity index (χ3v) is 8.59. The van der Waals surface area contributed by atoms with Crippen molar-refractivity contribution in [3.05, 3.63) is 0 Å². The Bertz CT molecular complexity index is 422. The molecule has 0 unspecified atom stereocenters. The second-order valence-electron chi connectivity index (χ2n) is 9.22. The van der Waals surface area contributed by atoms with Crippen LogP contribution in [0.4, 0.5) is 0 Å². The fourth-order valence-corrected chi connectivity index (χ4v) is 7.21. The first-order chi connectivity index (χ1) is 9.95. The van der Waals surface area contributed by atoms with Crippen LogP contribution in [-0.2, 0) is 0 Å². The molecule has 0 spiro atoms. The highest BCUT2D eigenvalue weighted by Crippen LogP contribution is 2.66. The number of aliphatic hydroxyl groups excluding tert-OH is 2. The minimum Gasteiger partial charge on any atom is -0.393 e. The quantitative estimate of drug-likeness (QED) is 0.714. The highest BCUT2D eigenvalue weighted by atomic mass is 16.3. The normalized spacial score (nSPS) is 60.0. The van der Waals surface area contributed by atoms with Crippen molar-refractivity contribution in [2.45, 2.75) is 83.8 Å². The van der Waals surface area contributed by atoms with Gasteiger partial charge in [0.15, 0.2) is 0 Å². The van der Waals surface area contributed by atoms with E-state index in [0.717, 1.165) is 42.9 Å². The largest absolute Gasteiger partial charge is 0.393 e. The zero-order valence-electron chi connectivity index (χ0n) is 13.7. The van der Waals surface area contributed by atoms with Gasteiger partial charge in [-0.05, 0) is 92.3 Å². The van der Waals surface area contributed by atoms with E-state index in [-0.39, 0.29) is 17.6 Å². The standard InChI is InChI=1S/C19H32O2/c1-18-9-7-13(20)11-12(18)3-4-14-15-5-6-17(21)19(15,2)10-8-16(14)18/h12-17,20-21H,3-11H2,1-2H3/t12-,13-,14-,15+,16-,17-,18-,19+/m0/s1. The molecule has 0 radical (unpaired) electrons. The fourth-order valence-electron chi connectivity index (χ4n) is 7.21. The van der Waals surface area contributed by atoms with Gasteiger partial charge in [0.05, 0.1) is 12.2 Å². The van der Waals surface area contributed by atoms with Crippen molar-refractivity contribution < 1.29 is 10.2 Å². The van der Waals surface area contributed by atoms with Gasteiger partial charge in [0.1, 0.15) is 0 Å². The lowest BCUT2D eigenvalue weighted by Crippen LogP contribution is -2.54. The lowest BCUT2D eigenvalue weighted by molar-refractivity contribution is -0.133. The molecule has 4 saturated carbocycles. The Balaban J connectivity index is 1.62. The molecule has 2 N–H and O–H groups in total. The summed E-state index contributed by atoms with van der Waals surface area (Å²) in [5, 5.41) is 20.5. The molecule has 0 aromatic rings. The van der Waals surface area contributed by atoms with Crippen LogP contribution in [0.2, 0.25) is 0 Å². The Kier molecular flexibility index (Phi) is 3.25. The molecule has 0 amide bonds. The first-order valence-electron chi connectivity index (χ1n) is 9.31. The number of rotatable bonds is 0. The average Bonchev–Trinajstić information content (AvgIpc) is 2.76. The van der Waals surface area contributed by atoms with Gasteiger partial charge in [-0.15, -0.1) is 0 Å². The molecule has 0 heterocycles. The van der Waals surface area contributed by atoms with E-state index in [2.05, 4.69) is 13.8 Å². The Morgan fingerprint density at radius 3 is 2.29 bits per heavy atom. The molecule has 21 heavy (non-hydrogen) atoms. The minimum absolute atomic E-state index is 0.0400. The van der Waals surface area contributed by atoms with E-state index in [0.29, 0.717) is 5.41 Å². The van der Waals surface area contributed by atoms with Crippen molar-refractivity contribution in [1.29, 1.82) is 0 Å². The summed E-state index contributed by atoms with van der Waals surface area (Å²) in [6.07, 6.45) is 10.7. The van der Waals surface area contributed by atoms with Crippen LogP contribution < -0.4 is 0 Å². The lowest BCUT2D eigenvalue weighted by Gasteiger charge is -2.60. The van der Waals surface area contributed by atoms with Gasteiger partial charge in [0.2, 0.25) is 0 Å². The number of hydrogen-bond acceptors (Lipinski definition) is 2. The molecule has 4 aliphatic carbocycles. The highest BCUT2D eigenvalue weighted by Gasteiger charge is 2.59. The Morgan fingerprint density at radius 2 is 1.48 bits per heavy atom. The molecule has 4 aliphatic rings. The zero-order chi connectivity index (χ0) is 14.8. The van der Waals surface area contributed by atoms with Gasteiger partial charge < -0.3 is 10.2 Å². The van der Waals surface area contributed by atoms with Crippen LogP contribution in [0.15, 0.2) is 0 Å². The first-order valence-corrected chi connectivity index (χ1v) is 9.31. The van der Waals surface area contributed by atoms with E-state index in [9.17, 15) is 10.2 Å². The van der Waals surface area contributed by atoms with Gasteiger partial charge in [0, 0.05) is 0 Å². The van der Waals surface area contributed by atoms with Crippen molar-refractivity contribution in [2.75, 3.05) is 0 Å². The molecule has 0 aliphatic heterocycles. The summed E-state index contributed by atoms with van der Waals surface area (Å²) in [5.41, 5.74) is 0.676. The van der Waals surface area contributed by atoms with E-state index in [4.69, 9.17) is 0 Å². The van der Waals surface area contributed by atoms with Crippen LogP contribution in [0.25, 0.3) is 0 Å². The molecule has 0 aromatic heterocycles. The first kappa shape index (κ1) is 14.5. The van der Waals surface area contributed by atoms with Crippen molar-refractivity contribution in [3.63, 3.8) is 0 Å². The third-order valence-electron chi connectivity index (χ3n) is 8.59. The molecule has 0 aromatic carbocycles. The number of hydrogen-bond donors (Lipinski definition) is 2. The van der Waals surface area contributed by atoms with E-state index >= 15 is 0 Å². The van der Waals surface area contributed by atoms with Gasteiger partial charge in [-0.25, -0.2) is 0 Å². The lowest BCUT2D eigenvalue weighted by atomic mass is 9.45. The summed E-state index contributed by atoms with van der Waals surface area (Å²) < 4.78 is 0. The maximum absolute atomic E-state index is 10.5. The van der Waals surface area contributed by atoms with Gasteiger partial charge in [0.25, 0.3) is 0 Å². The van der Waals surface area contributed by atoms with Crippen LogP contribution in [-0.4, -0.2) is 22.4 Å². The summed E-state index contributed by atoms with van der Waals surface area (Å²) in [4.78, 5) is 0. The maximum Gasteiger partial charge on any atom is 0.0596 e. The third kappa shape index (κ3) is 1.91. The molecule has 8 atom stereocenters. The minimum atomic E-state index is -0.0536. The fraction of sp³-hybridized carbons (Fsp3) is 1.00. The van der Waals surface area contributed by atoms with Gasteiger partial charge in [-0.1, -0.05) is 13.8 Å².